The van der Waals surface area contributed by atoms with E-state index in [0.717, 1.165) is 0 Å². The second-order valence-electron chi connectivity index (χ2n) is 0. The molecule has 1 radical (unpaired) electrons. The van der Waals surface area contributed by atoms with Gasteiger partial charge in [-0.3, -0.25) is 0 Å². The van der Waals surface area contributed by atoms with Gasteiger partial charge in [0.25, 0.3) is 0 Å². The monoisotopic (exact) mass is 163 g/mol. The minimum atomic E-state index is 0. The minimum absolute atomic E-state index is 0. The van der Waals surface area contributed by atoms with Crippen molar-refractivity contribution in [1.82, 2.24) is 0 Å². The number of hydrogen-bond donors (Lipinski definition) is 0. The van der Waals surface area contributed by atoms with Gasteiger partial charge in [0.2, 0.25) is 0 Å². The van der Waals surface area contributed by atoms with Crippen molar-refractivity contribution < 1.29 is 33.3 Å². The molecule has 0 nitrogen and oxygen atoms in total. The Labute approximate surface area is 50.2 Å². The van der Waals surface area contributed by atoms with Crippen LogP contribution in [0.2, 0.25) is 0 Å². The smallest absolute Gasteiger partial charge is 0.126 e. The fourth-order valence-electron chi connectivity index (χ4n) is 0. The molecule has 0 saturated carbocycles. The van der Waals surface area contributed by atoms with Crippen molar-refractivity contribution in [2.45, 2.75) is 0 Å². The molecular weight excluding hydrogens is 159 g/mol. The van der Waals surface area contributed by atoms with Crippen LogP contribution in [0.5, 0.6) is 0 Å². The third-order valence-corrected chi connectivity index (χ3v) is 0. The van der Waals surface area contributed by atoms with Gasteiger partial charge >= 0.3 is 0 Å². The Morgan fingerprint density at radius 3 is 1.25 bits per heavy atom. The maximum absolute atomic E-state index is 2.42. The summed E-state index contributed by atoms with van der Waals surface area (Å²) in [5, 5.41) is 0. The summed E-state index contributed by atoms with van der Waals surface area (Å²) in [5.74, 6) is 0. The van der Waals surface area contributed by atoms with Crippen LogP contribution in [0.1, 0.15) is 0 Å². The van der Waals surface area contributed by atoms with Gasteiger partial charge in [-0.1, -0.05) is 0 Å². The zero-order valence-corrected chi connectivity index (χ0v) is 5.41. The maximum atomic E-state index is 2.42. The Balaban J connectivity index is -0.00000000500. The van der Waals surface area contributed by atoms with E-state index in [-0.39, 0.29) is 33.3 Å². The topological polar surface area (TPSA) is 0 Å². The van der Waals surface area contributed by atoms with Gasteiger partial charge in [0, 0.05) is 33.3 Å². The molecule has 0 fully saturated rings. The molecule has 0 heterocycles. The summed E-state index contributed by atoms with van der Waals surface area (Å²) in [4.78, 5) is 0. The van der Waals surface area contributed by atoms with Crippen LogP contribution in [0, 0.1) is 0 Å². The van der Waals surface area contributed by atoms with Crippen LogP contribution >= 0.6 is 9.12 Å². The summed E-state index contributed by atoms with van der Waals surface area (Å²) in [5.41, 5.74) is 0. The van der Waals surface area contributed by atoms with Gasteiger partial charge in [-0.05, 0) is 0 Å². The molecule has 0 bridgehead atoms. The Bertz CT molecular complexity index is 8.00. The molecule has 1 atom stereocenters. The second kappa shape index (κ2) is 24.6. The summed E-state index contributed by atoms with van der Waals surface area (Å²) in [7, 11) is 4.33. The zero-order chi connectivity index (χ0) is 2.00. The van der Waals surface area contributed by atoms with Gasteiger partial charge in [0.15, 0.2) is 0 Å². The molecule has 0 aliphatic rings. The third-order valence-electron chi connectivity index (χ3n) is 0. The van der Waals surface area contributed by atoms with Crippen molar-refractivity contribution in [2.75, 3.05) is 0 Å². The second-order valence-corrected chi connectivity index (χ2v) is 0. The summed E-state index contributed by atoms with van der Waals surface area (Å²) < 4.78 is 0. The van der Waals surface area contributed by atoms with Crippen LogP contribution in [0.3, 0.4) is 0 Å². The summed E-state index contributed by atoms with van der Waals surface area (Å²) in [6, 6.07) is 0. The van der Waals surface area contributed by atoms with Gasteiger partial charge in [-0.15, -0.1) is 0 Å². The Hall–Kier alpha value is 1.49. The fourth-order valence-corrected chi connectivity index (χ4v) is 0. The van der Waals surface area contributed by atoms with Gasteiger partial charge in [-0.25, -0.2) is 0 Å². The minimum Gasteiger partial charge on any atom is -0.179 e. The first-order valence-corrected chi connectivity index (χ1v) is 1.73. The van der Waals surface area contributed by atoms with Crippen LogP contribution in [-0.2, 0) is 33.3 Å². The third kappa shape index (κ3) is 9.73. The Morgan fingerprint density at radius 2 is 1.25 bits per heavy atom. The van der Waals surface area contributed by atoms with Crippen molar-refractivity contribution >= 4 is 16.7 Å². The van der Waals surface area contributed by atoms with Crippen molar-refractivity contribution in [1.29, 1.82) is 0 Å². The van der Waals surface area contributed by atoms with Crippen LogP contribution < -0.4 is 0 Å². The van der Waals surface area contributed by atoms with Gasteiger partial charge in [-0.2, -0.15) is 9.12 Å². The van der Waals surface area contributed by atoms with E-state index in [2.05, 4.69) is 9.12 Å². The first-order valence-electron chi connectivity index (χ1n) is 0.577. The Kier molecular flexibility index (Phi) is 110. The maximum Gasteiger partial charge on any atom is 0.126 e. The van der Waals surface area contributed by atoms with E-state index in [1.54, 1.807) is 0 Å². The molecule has 0 N–H and O–H groups in total. The molecule has 4 heteroatoms. The first kappa shape index (κ1) is 17.8. The van der Waals surface area contributed by atoms with Crippen LogP contribution in [-0.4, -0.2) is 7.57 Å². The first-order chi connectivity index (χ1) is 1.00. The average Bonchev–Trinajstić information content (AvgIpc) is 1.00. The predicted octanol–water partition coefficient (Wildman–Crippen LogP) is -0.595. The molecule has 0 aliphatic heterocycles. The zero-order valence-electron chi connectivity index (χ0n) is 2.23. The van der Waals surface area contributed by atoms with E-state index in [4.69, 9.17) is 0 Å². The average molecular weight is 163 g/mol. The number of hydrogen-bond acceptors (Lipinski definition) is 0. The standard InChI is InChI=1S/BH4P.Co.Ni/c1-2;;/h1-2H2;;. The Morgan fingerprint density at radius 1 is 1.25 bits per heavy atom. The summed E-state index contributed by atoms with van der Waals surface area (Å²) >= 11 is 0. The molecule has 0 rings (SSSR count). The van der Waals surface area contributed by atoms with E-state index in [0.29, 0.717) is 0 Å². The molecule has 4 heavy (non-hydrogen) atoms. The fraction of sp³-hybridized carbons (Fsp3) is 0. The molecule has 0 aromatic rings. The molecule has 0 amide bonds. The molecule has 0 aliphatic carbocycles. The van der Waals surface area contributed by atoms with E-state index in [9.17, 15) is 0 Å². The van der Waals surface area contributed by atoms with Crippen molar-refractivity contribution in [3.63, 3.8) is 0 Å². The van der Waals surface area contributed by atoms with Gasteiger partial charge in [0.1, 0.15) is 7.57 Å². The SMILES string of the molecule is BP.[Co].[Ni]. The van der Waals surface area contributed by atoms with E-state index < -0.39 is 0 Å². The van der Waals surface area contributed by atoms with Crippen LogP contribution in [0.4, 0.5) is 0 Å². The van der Waals surface area contributed by atoms with Crippen molar-refractivity contribution in [3.05, 3.63) is 0 Å². The molecular formula is H4BCoNiP. The molecule has 31 valence electrons. The van der Waals surface area contributed by atoms with E-state index in [1.165, 1.54) is 0 Å². The largest absolute Gasteiger partial charge is 0.179 e. The van der Waals surface area contributed by atoms with E-state index >= 15 is 0 Å². The predicted molar refractivity (Wildman–Crippen MR) is 18.3 cm³/mol. The van der Waals surface area contributed by atoms with Gasteiger partial charge < -0.3 is 0 Å². The van der Waals surface area contributed by atoms with Crippen molar-refractivity contribution in [2.24, 2.45) is 0 Å². The molecule has 0 spiro atoms. The molecule has 0 aromatic heterocycles. The summed E-state index contributed by atoms with van der Waals surface area (Å²) in [6.07, 6.45) is 0. The molecule has 0 aromatic carbocycles. The van der Waals surface area contributed by atoms with Crippen LogP contribution in [0.25, 0.3) is 0 Å². The van der Waals surface area contributed by atoms with Gasteiger partial charge in [0.05, 0.1) is 0 Å². The normalized spacial score (nSPS) is 1.25. The van der Waals surface area contributed by atoms with E-state index in [1.807, 2.05) is 7.57 Å². The number of rotatable bonds is 0. The molecule has 1 unspecified atom stereocenters. The van der Waals surface area contributed by atoms with Crippen molar-refractivity contribution in [3.8, 4) is 0 Å². The quantitative estimate of drug-likeness (QED) is 0.331. The van der Waals surface area contributed by atoms with Crippen LogP contribution in [0.15, 0.2) is 0 Å². The molecule has 0 saturated heterocycles. The summed E-state index contributed by atoms with van der Waals surface area (Å²) in [6.45, 7) is 0.